The molecule has 142 valence electrons. The molecule has 0 saturated heterocycles. The summed E-state index contributed by atoms with van der Waals surface area (Å²) in [5.74, 6) is -0.949. The number of rotatable bonds is 3. The van der Waals surface area contributed by atoms with Crippen molar-refractivity contribution in [3.05, 3.63) is 65.4 Å². The molecule has 0 amide bonds. The number of furan rings is 1. The Morgan fingerprint density at radius 2 is 1.86 bits per heavy atom. The zero-order chi connectivity index (χ0) is 20.1. The SMILES string of the molecule is CCc1cc(C(C)(C)C)cc2c(C(=O)O)cc(-c3coc4ccccc34)nc12. The van der Waals surface area contributed by atoms with E-state index < -0.39 is 5.97 Å². The minimum atomic E-state index is -0.949. The summed E-state index contributed by atoms with van der Waals surface area (Å²) in [6, 6.07) is 13.5. The van der Waals surface area contributed by atoms with E-state index >= 15 is 0 Å². The first-order chi connectivity index (χ1) is 13.3. The number of aromatic nitrogens is 1. The highest BCUT2D eigenvalue weighted by Gasteiger charge is 2.21. The van der Waals surface area contributed by atoms with E-state index in [4.69, 9.17) is 9.40 Å². The smallest absolute Gasteiger partial charge is 0.336 e. The number of carboxylic acids is 1. The van der Waals surface area contributed by atoms with Crippen LogP contribution in [-0.4, -0.2) is 16.1 Å². The third-order valence-corrected chi connectivity index (χ3v) is 5.23. The van der Waals surface area contributed by atoms with Crippen LogP contribution in [0, 0.1) is 0 Å². The second-order valence-electron chi connectivity index (χ2n) is 8.14. The lowest BCUT2D eigenvalue weighted by Gasteiger charge is -2.21. The fourth-order valence-electron chi connectivity index (χ4n) is 3.59. The van der Waals surface area contributed by atoms with Crippen molar-refractivity contribution in [2.24, 2.45) is 0 Å². The lowest BCUT2D eigenvalue weighted by molar-refractivity contribution is 0.0699. The van der Waals surface area contributed by atoms with E-state index in [-0.39, 0.29) is 11.0 Å². The van der Waals surface area contributed by atoms with E-state index in [1.807, 2.05) is 30.3 Å². The number of hydrogen-bond donors (Lipinski definition) is 1. The number of nitrogens with zero attached hydrogens (tertiary/aromatic N) is 1. The third-order valence-electron chi connectivity index (χ3n) is 5.23. The van der Waals surface area contributed by atoms with Crippen LogP contribution in [0.4, 0.5) is 0 Å². The summed E-state index contributed by atoms with van der Waals surface area (Å²) < 4.78 is 5.65. The minimum absolute atomic E-state index is 0.0761. The van der Waals surface area contributed by atoms with Gasteiger partial charge in [0.15, 0.2) is 0 Å². The van der Waals surface area contributed by atoms with Crippen molar-refractivity contribution in [3.8, 4) is 11.3 Å². The van der Waals surface area contributed by atoms with Crippen molar-refractivity contribution in [2.75, 3.05) is 0 Å². The van der Waals surface area contributed by atoms with Gasteiger partial charge in [0.25, 0.3) is 0 Å². The molecule has 0 radical (unpaired) electrons. The van der Waals surface area contributed by atoms with Crippen LogP contribution >= 0.6 is 0 Å². The van der Waals surface area contributed by atoms with Gasteiger partial charge in [-0.1, -0.05) is 52.0 Å². The van der Waals surface area contributed by atoms with Crippen LogP contribution in [0.2, 0.25) is 0 Å². The van der Waals surface area contributed by atoms with Gasteiger partial charge >= 0.3 is 5.97 Å². The van der Waals surface area contributed by atoms with Gasteiger partial charge in [-0.3, -0.25) is 0 Å². The highest BCUT2D eigenvalue weighted by molar-refractivity contribution is 6.06. The van der Waals surface area contributed by atoms with Gasteiger partial charge in [0.2, 0.25) is 0 Å². The van der Waals surface area contributed by atoms with Crippen LogP contribution in [0.1, 0.15) is 49.2 Å². The van der Waals surface area contributed by atoms with Gasteiger partial charge in [0.1, 0.15) is 11.8 Å². The molecular formula is C24H23NO3. The van der Waals surface area contributed by atoms with Crippen LogP contribution in [0.5, 0.6) is 0 Å². The maximum Gasteiger partial charge on any atom is 0.336 e. The number of hydrogen-bond acceptors (Lipinski definition) is 3. The Morgan fingerprint density at radius 1 is 1.11 bits per heavy atom. The lowest BCUT2D eigenvalue weighted by Crippen LogP contribution is -2.12. The second kappa shape index (κ2) is 6.48. The molecule has 4 rings (SSSR count). The number of carbonyl (C=O) groups is 1. The molecule has 0 bridgehead atoms. The number of pyridine rings is 1. The van der Waals surface area contributed by atoms with Gasteiger partial charge in [-0.05, 0) is 41.2 Å². The predicted molar refractivity (Wildman–Crippen MR) is 112 cm³/mol. The van der Waals surface area contributed by atoms with Crippen LogP contribution in [0.15, 0.2) is 53.1 Å². The van der Waals surface area contributed by atoms with Crippen LogP contribution in [0.25, 0.3) is 33.1 Å². The normalized spacial score (nSPS) is 12.0. The van der Waals surface area contributed by atoms with Crippen LogP contribution in [0.3, 0.4) is 0 Å². The molecule has 0 saturated carbocycles. The quantitative estimate of drug-likeness (QED) is 0.464. The molecule has 0 unspecified atom stereocenters. The zero-order valence-electron chi connectivity index (χ0n) is 16.5. The molecule has 0 aliphatic rings. The first-order valence-corrected chi connectivity index (χ1v) is 9.47. The Labute approximate surface area is 163 Å². The van der Waals surface area contributed by atoms with E-state index in [0.29, 0.717) is 11.1 Å². The molecule has 2 aromatic carbocycles. The highest BCUT2D eigenvalue weighted by atomic mass is 16.4. The molecule has 0 aliphatic carbocycles. The molecular weight excluding hydrogens is 350 g/mol. The molecule has 4 nitrogen and oxygen atoms in total. The monoisotopic (exact) mass is 373 g/mol. The standard InChI is InChI=1S/C24H23NO3/c1-5-14-10-15(24(2,3)4)11-17-18(23(26)27)12-20(25-22(14)17)19-13-28-21-9-7-6-8-16(19)21/h6-13H,5H2,1-4H3,(H,26,27). The van der Waals surface area contributed by atoms with E-state index in [2.05, 4.69) is 33.8 Å². The largest absolute Gasteiger partial charge is 0.478 e. The Hall–Kier alpha value is -3.14. The molecule has 0 spiro atoms. The van der Waals surface area contributed by atoms with Crippen molar-refractivity contribution < 1.29 is 14.3 Å². The molecule has 0 aliphatic heterocycles. The summed E-state index contributed by atoms with van der Waals surface area (Å²) in [7, 11) is 0. The number of fused-ring (bicyclic) bond motifs is 2. The molecule has 4 aromatic rings. The van der Waals surface area contributed by atoms with Crippen LogP contribution in [-0.2, 0) is 11.8 Å². The van der Waals surface area contributed by atoms with E-state index in [1.54, 1.807) is 12.3 Å². The summed E-state index contributed by atoms with van der Waals surface area (Å²) in [5.41, 5.74) is 5.29. The van der Waals surface area contributed by atoms with Gasteiger partial charge in [0, 0.05) is 16.3 Å². The Morgan fingerprint density at radius 3 is 2.54 bits per heavy atom. The van der Waals surface area contributed by atoms with Gasteiger partial charge in [0.05, 0.1) is 16.8 Å². The first-order valence-electron chi connectivity index (χ1n) is 9.47. The van der Waals surface area contributed by atoms with E-state index in [1.165, 1.54) is 0 Å². The van der Waals surface area contributed by atoms with Crippen molar-refractivity contribution in [2.45, 2.75) is 39.5 Å². The summed E-state index contributed by atoms with van der Waals surface area (Å²) in [5, 5.41) is 11.5. The zero-order valence-corrected chi connectivity index (χ0v) is 16.5. The lowest BCUT2D eigenvalue weighted by atomic mass is 9.84. The number of benzene rings is 2. The first kappa shape index (κ1) is 18.2. The van der Waals surface area contributed by atoms with Gasteiger partial charge in [-0.2, -0.15) is 0 Å². The number of aromatic carboxylic acids is 1. The molecule has 1 N–H and O–H groups in total. The molecule has 0 atom stereocenters. The third kappa shape index (κ3) is 2.95. The summed E-state index contributed by atoms with van der Waals surface area (Å²) in [6.07, 6.45) is 2.43. The predicted octanol–water partition coefficient (Wildman–Crippen LogP) is 6.21. The Bertz CT molecular complexity index is 1210. The maximum absolute atomic E-state index is 12.1. The van der Waals surface area contributed by atoms with Crippen molar-refractivity contribution in [1.82, 2.24) is 4.98 Å². The number of para-hydroxylation sites is 1. The van der Waals surface area contributed by atoms with Crippen molar-refractivity contribution in [3.63, 3.8) is 0 Å². The molecule has 2 aromatic heterocycles. The Balaban J connectivity index is 2.07. The van der Waals surface area contributed by atoms with Crippen molar-refractivity contribution >= 4 is 27.8 Å². The Kier molecular flexibility index (Phi) is 4.22. The summed E-state index contributed by atoms with van der Waals surface area (Å²) in [4.78, 5) is 17.0. The summed E-state index contributed by atoms with van der Waals surface area (Å²) >= 11 is 0. The average molecular weight is 373 g/mol. The molecule has 4 heteroatoms. The average Bonchev–Trinajstić information content (AvgIpc) is 3.09. The maximum atomic E-state index is 12.1. The van der Waals surface area contributed by atoms with Gasteiger partial charge < -0.3 is 9.52 Å². The second-order valence-corrected chi connectivity index (χ2v) is 8.14. The van der Waals surface area contributed by atoms with Crippen LogP contribution < -0.4 is 0 Å². The van der Waals surface area contributed by atoms with Crippen molar-refractivity contribution in [1.29, 1.82) is 0 Å². The highest BCUT2D eigenvalue weighted by Crippen LogP contribution is 2.35. The fourth-order valence-corrected chi connectivity index (χ4v) is 3.59. The summed E-state index contributed by atoms with van der Waals surface area (Å²) in [6.45, 7) is 8.47. The topological polar surface area (TPSA) is 63.3 Å². The number of aryl methyl sites for hydroxylation is 1. The fraction of sp³-hybridized carbons (Fsp3) is 0.250. The van der Waals surface area contributed by atoms with E-state index in [0.717, 1.165) is 39.6 Å². The molecule has 0 fully saturated rings. The van der Waals surface area contributed by atoms with Gasteiger partial charge in [-0.25, -0.2) is 9.78 Å². The minimum Gasteiger partial charge on any atom is -0.478 e. The van der Waals surface area contributed by atoms with E-state index in [9.17, 15) is 9.90 Å². The molecule has 28 heavy (non-hydrogen) atoms. The van der Waals surface area contributed by atoms with Gasteiger partial charge in [-0.15, -0.1) is 0 Å². The number of carboxylic acid groups (broad SMARTS) is 1. The molecule has 2 heterocycles.